The predicted molar refractivity (Wildman–Crippen MR) is 105 cm³/mol. The Balaban J connectivity index is 1.67. The molecule has 1 aliphatic carbocycles. The molecule has 6 heteroatoms. The molecule has 0 spiro atoms. The Morgan fingerprint density at radius 2 is 1.88 bits per heavy atom. The average molecular weight is 477 g/mol. The number of hydrogen-bond acceptors (Lipinski definition) is 4. The number of nitrogens with zero attached hydrogens (tertiary/aromatic N) is 1. The first-order valence-electron chi connectivity index (χ1n) is 8.02. The Labute approximate surface area is 168 Å². The third-order valence-corrected chi connectivity index (χ3v) is 4.50. The van der Waals surface area contributed by atoms with Crippen molar-refractivity contribution in [3.8, 4) is 17.6 Å². The quantitative estimate of drug-likeness (QED) is 0.490. The number of halogens is 2. The molecule has 26 heavy (non-hydrogen) atoms. The second-order valence-electron chi connectivity index (χ2n) is 5.90. The number of hydrogen-bond donors (Lipinski definition) is 0. The highest BCUT2D eigenvalue weighted by atomic mass is 79.9. The standard InChI is InChI=1S/C20H15Br2NO3/c21-19(22)11-14-10-17(14)20(24)26-18(12-23)13-5-4-8-16(9-13)25-15-6-2-1-3-7-15/h1-9,11,14,17-18H,10H2/t14-,17-,18+/m0/s1. The van der Waals surface area contributed by atoms with E-state index in [9.17, 15) is 10.1 Å². The maximum Gasteiger partial charge on any atom is 0.311 e. The second kappa shape index (κ2) is 8.52. The Hall–Kier alpha value is -2.10. The summed E-state index contributed by atoms with van der Waals surface area (Å²) >= 11 is 6.57. The van der Waals surface area contributed by atoms with E-state index < -0.39 is 6.10 Å². The van der Waals surface area contributed by atoms with Crippen molar-refractivity contribution in [2.75, 3.05) is 0 Å². The Bertz CT molecular complexity index is 857. The molecule has 0 heterocycles. The van der Waals surface area contributed by atoms with E-state index in [1.807, 2.05) is 42.5 Å². The van der Waals surface area contributed by atoms with Crippen molar-refractivity contribution in [2.24, 2.45) is 11.8 Å². The van der Waals surface area contributed by atoms with Crippen LogP contribution < -0.4 is 4.74 Å². The van der Waals surface area contributed by atoms with E-state index in [1.165, 1.54) is 0 Å². The Morgan fingerprint density at radius 3 is 2.58 bits per heavy atom. The lowest BCUT2D eigenvalue weighted by molar-refractivity contribution is -0.148. The summed E-state index contributed by atoms with van der Waals surface area (Å²) in [7, 11) is 0. The summed E-state index contributed by atoms with van der Waals surface area (Å²) in [4.78, 5) is 12.3. The fourth-order valence-electron chi connectivity index (χ4n) is 2.57. The van der Waals surface area contributed by atoms with Gasteiger partial charge in [0.25, 0.3) is 0 Å². The molecule has 2 aromatic rings. The number of ether oxygens (including phenoxy) is 2. The van der Waals surface area contributed by atoms with Gasteiger partial charge in [0.05, 0.1) is 9.31 Å². The monoisotopic (exact) mass is 475 g/mol. The van der Waals surface area contributed by atoms with Crippen LogP contribution in [0.15, 0.2) is 64.1 Å². The molecule has 0 aromatic heterocycles. The number of carbonyl (C=O) groups is 1. The van der Waals surface area contributed by atoms with Gasteiger partial charge in [-0.1, -0.05) is 36.4 Å². The molecule has 1 aliphatic rings. The SMILES string of the molecule is N#C[C@@H](OC(=O)[C@H]1C[C@H]1C=C(Br)Br)c1cccc(Oc2ccccc2)c1. The van der Waals surface area contributed by atoms with E-state index in [2.05, 4.69) is 31.9 Å². The van der Waals surface area contributed by atoms with Gasteiger partial charge in [-0.3, -0.25) is 4.79 Å². The molecular weight excluding hydrogens is 462 g/mol. The van der Waals surface area contributed by atoms with Crippen molar-refractivity contribution in [1.82, 2.24) is 0 Å². The minimum Gasteiger partial charge on any atom is -0.457 e. The molecule has 1 saturated carbocycles. The van der Waals surface area contributed by atoms with E-state index in [-0.39, 0.29) is 17.8 Å². The molecule has 2 aromatic carbocycles. The highest BCUT2D eigenvalue weighted by molar-refractivity contribution is 9.28. The van der Waals surface area contributed by atoms with Crippen LogP contribution >= 0.6 is 31.9 Å². The first-order chi connectivity index (χ1) is 12.6. The van der Waals surface area contributed by atoms with Gasteiger partial charge >= 0.3 is 5.97 Å². The van der Waals surface area contributed by atoms with Gasteiger partial charge in [-0.05, 0) is 68.5 Å². The number of rotatable bonds is 6. The first kappa shape index (κ1) is 18.7. The molecular formula is C20H15Br2NO3. The zero-order valence-electron chi connectivity index (χ0n) is 13.6. The molecule has 4 nitrogen and oxygen atoms in total. The predicted octanol–water partition coefficient (Wildman–Crippen LogP) is 5.85. The summed E-state index contributed by atoms with van der Waals surface area (Å²) in [5, 5.41) is 9.43. The maximum atomic E-state index is 12.3. The maximum absolute atomic E-state index is 12.3. The third kappa shape index (κ3) is 4.96. The molecule has 3 rings (SSSR count). The van der Waals surface area contributed by atoms with E-state index in [0.29, 0.717) is 17.1 Å². The summed E-state index contributed by atoms with van der Waals surface area (Å²) in [6.45, 7) is 0. The fraction of sp³-hybridized carbons (Fsp3) is 0.200. The highest BCUT2D eigenvalue weighted by Gasteiger charge is 2.43. The van der Waals surface area contributed by atoms with Crippen molar-refractivity contribution >= 4 is 37.8 Å². The molecule has 0 amide bonds. The third-order valence-electron chi connectivity index (χ3n) is 3.97. The summed E-state index contributed by atoms with van der Waals surface area (Å²) in [6.07, 6.45) is 1.69. The molecule has 1 fully saturated rings. The minimum absolute atomic E-state index is 0.142. The van der Waals surface area contributed by atoms with Crippen LogP contribution in [-0.2, 0) is 9.53 Å². The number of benzene rings is 2. The number of para-hydroxylation sites is 1. The topological polar surface area (TPSA) is 59.3 Å². The van der Waals surface area contributed by atoms with Crippen molar-refractivity contribution in [1.29, 1.82) is 5.26 Å². The van der Waals surface area contributed by atoms with Crippen LogP contribution in [0, 0.1) is 23.2 Å². The van der Waals surface area contributed by atoms with E-state index in [4.69, 9.17) is 9.47 Å². The van der Waals surface area contributed by atoms with Crippen molar-refractivity contribution in [2.45, 2.75) is 12.5 Å². The van der Waals surface area contributed by atoms with E-state index in [1.54, 1.807) is 24.3 Å². The Kier molecular flexibility index (Phi) is 6.12. The van der Waals surface area contributed by atoms with Gasteiger partial charge in [0, 0.05) is 5.56 Å². The molecule has 0 N–H and O–H groups in total. The highest BCUT2D eigenvalue weighted by Crippen LogP contribution is 2.43. The Morgan fingerprint density at radius 1 is 1.15 bits per heavy atom. The van der Waals surface area contributed by atoms with Gasteiger partial charge in [-0.25, -0.2) is 0 Å². The van der Waals surface area contributed by atoms with Gasteiger partial charge < -0.3 is 9.47 Å². The number of esters is 1. The second-order valence-corrected chi connectivity index (χ2v) is 8.67. The van der Waals surface area contributed by atoms with E-state index in [0.717, 1.165) is 9.81 Å². The first-order valence-corrected chi connectivity index (χ1v) is 9.61. The summed E-state index contributed by atoms with van der Waals surface area (Å²) in [5.74, 6) is 0.875. The van der Waals surface area contributed by atoms with Crippen LogP contribution in [0.3, 0.4) is 0 Å². The number of allylic oxidation sites excluding steroid dienone is 1. The van der Waals surface area contributed by atoms with Gasteiger partial charge in [0.1, 0.15) is 17.6 Å². The van der Waals surface area contributed by atoms with Crippen LogP contribution in [0.4, 0.5) is 0 Å². The average Bonchev–Trinajstić information content (AvgIpc) is 3.39. The van der Waals surface area contributed by atoms with Crippen molar-refractivity contribution in [3.63, 3.8) is 0 Å². The molecule has 0 unspecified atom stereocenters. The summed E-state index contributed by atoms with van der Waals surface area (Å²) in [6, 6.07) is 18.4. The molecule has 0 saturated heterocycles. The van der Waals surface area contributed by atoms with Crippen LogP contribution in [0.5, 0.6) is 11.5 Å². The van der Waals surface area contributed by atoms with Gasteiger partial charge in [-0.2, -0.15) is 5.26 Å². The molecule has 132 valence electrons. The van der Waals surface area contributed by atoms with Crippen LogP contribution in [-0.4, -0.2) is 5.97 Å². The van der Waals surface area contributed by atoms with Crippen molar-refractivity contribution < 1.29 is 14.3 Å². The lowest BCUT2D eigenvalue weighted by Gasteiger charge is -2.13. The van der Waals surface area contributed by atoms with Gasteiger partial charge in [0.2, 0.25) is 6.10 Å². The fourth-order valence-corrected chi connectivity index (χ4v) is 3.25. The largest absolute Gasteiger partial charge is 0.457 e. The number of carbonyl (C=O) groups excluding carboxylic acids is 1. The molecule has 3 atom stereocenters. The lowest BCUT2D eigenvalue weighted by Crippen LogP contribution is -2.12. The van der Waals surface area contributed by atoms with Crippen molar-refractivity contribution in [3.05, 3.63) is 69.6 Å². The summed E-state index contributed by atoms with van der Waals surface area (Å²) in [5.41, 5.74) is 0.587. The summed E-state index contributed by atoms with van der Waals surface area (Å²) < 4.78 is 12.0. The zero-order valence-corrected chi connectivity index (χ0v) is 16.8. The zero-order chi connectivity index (χ0) is 18.5. The number of nitriles is 1. The van der Waals surface area contributed by atoms with Crippen LogP contribution in [0.1, 0.15) is 18.1 Å². The van der Waals surface area contributed by atoms with Gasteiger partial charge in [-0.15, -0.1) is 0 Å². The van der Waals surface area contributed by atoms with Gasteiger partial charge in [0.15, 0.2) is 0 Å². The van der Waals surface area contributed by atoms with Crippen LogP contribution in [0.25, 0.3) is 0 Å². The lowest BCUT2D eigenvalue weighted by atomic mass is 10.1. The molecule has 0 bridgehead atoms. The molecule has 0 radical (unpaired) electrons. The normalized spacial score (nSPS) is 19.0. The van der Waals surface area contributed by atoms with E-state index >= 15 is 0 Å². The molecule has 0 aliphatic heterocycles. The minimum atomic E-state index is -0.959. The van der Waals surface area contributed by atoms with Crippen LogP contribution in [0.2, 0.25) is 0 Å². The smallest absolute Gasteiger partial charge is 0.311 e.